The first-order valence-electron chi connectivity index (χ1n) is 8.11. The van der Waals surface area contributed by atoms with E-state index in [4.69, 9.17) is 4.74 Å². The Bertz CT molecular complexity index is 594. The molecule has 1 aliphatic carbocycles. The van der Waals surface area contributed by atoms with Gasteiger partial charge in [0.1, 0.15) is 11.5 Å². The lowest BCUT2D eigenvalue weighted by Gasteiger charge is -2.32. The van der Waals surface area contributed by atoms with E-state index in [-0.39, 0.29) is 5.41 Å². The van der Waals surface area contributed by atoms with Gasteiger partial charge in [0.15, 0.2) is 0 Å². The molecule has 1 atom stereocenters. The van der Waals surface area contributed by atoms with Crippen molar-refractivity contribution < 1.29 is 4.74 Å². The van der Waals surface area contributed by atoms with E-state index in [0.717, 1.165) is 11.5 Å². The van der Waals surface area contributed by atoms with E-state index in [1.807, 2.05) is 30.3 Å². The zero-order chi connectivity index (χ0) is 15.6. The van der Waals surface area contributed by atoms with Crippen LogP contribution >= 0.6 is 0 Å². The van der Waals surface area contributed by atoms with Gasteiger partial charge in [0, 0.05) is 12.1 Å². The second-order valence-electron chi connectivity index (χ2n) is 7.22. The predicted octanol–water partition coefficient (Wildman–Crippen LogP) is 5.32. The summed E-state index contributed by atoms with van der Waals surface area (Å²) in [7, 11) is 0. The maximum Gasteiger partial charge on any atom is 0.127 e. The fraction of sp³-hybridized carbons (Fsp3) is 0.400. The molecular weight excluding hydrogens is 270 g/mol. The smallest absolute Gasteiger partial charge is 0.127 e. The van der Waals surface area contributed by atoms with Gasteiger partial charge in [0.2, 0.25) is 0 Å². The summed E-state index contributed by atoms with van der Waals surface area (Å²) >= 11 is 0. The van der Waals surface area contributed by atoms with Crippen molar-refractivity contribution in [2.75, 3.05) is 0 Å². The second-order valence-corrected chi connectivity index (χ2v) is 7.22. The van der Waals surface area contributed by atoms with E-state index in [1.54, 1.807) is 0 Å². The summed E-state index contributed by atoms with van der Waals surface area (Å²) in [5, 5.41) is 3.78. The molecule has 0 saturated heterocycles. The van der Waals surface area contributed by atoms with Crippen LogP contribution in [0.15, 0.2) is 54.6 Å². The highest BCUT2D eigenvalue weighted by Gasteiger charge is 2.32. The molecule has 3 rings (SSSR count). The molecule has 1 fully saturated rings. The van der Waals surface area contributed by atoms with Crippen molar-refractivity contribution >= 4 is 0 Å². The van der Waals surface area contributed by atoms with Crippen LogP contribution < -0.4 is 10.1 Å². The highest BCUT2D eigenvalue weighted by molar-refractivity contribution is 5.34. The van der Waals surface area contributed by atoms with Gasteiger partial charge in [-0.05, 0) is 48.1 Å². The van der Waals surface area contributed by atoms with Crippen molar-refractivity contribution in [2.24, 2.45) is 5.41 Å². The van der Waals surface area contributed by atoms with Crippen LogP contribution in [0.1, 0.15) is 45.2 Å². The lowest BCUT2D eigenvalue weighted by atomic mass is 9.82. The molecular formula is C20H25NO. The Labute approximate surface area is 133 Å². The van der Waals surface area contributed by atoms with E-state index >= 15 is 0 Å². The number of benzene rings is 2. The molecule has 1 aliphatic rings. The molecule has 0 spiro atoms. The zero-order valence-corrected chi connectivity index (χ0v) is 13.7. The Morgan fingerprint density at radius 1 is 0.909 bits per heavy atom. The van der Waals surface area contributed by atoms with Gasteiger partial charge >= 0.3 is 0 Å². The Morgan fingerprint density at radius 2 is 1.50 bits per heavy atom. The Morgan fingerprint density at radius 3 is 2.05 bits per heavy atom. The Balaban J connectivity index is 1.74. The van der Waals surface area contributed by atoms with Gasteiger partial charge in [-0.25, -0.2) is 0 Å². The van der Waals surface area contributed by atoms with Crippen LogP contribution in [0.3, 0.4) is 0 Å². The van der Waals surface area contributed by atoms with Crippen molar-refractivity contribution in [1.82, 2.24) is 5.32 Å². The molecule has 116 valence electrons. The van der Waals surface area contributed by atoms with E-state index in [2.05, 4.69) is 50.4 Å². The zero-order valence-electron chi connectivity index (χ0n) is 13.7. The van der Waals surface area contributed by atoms with Gasteiger partial charge in [0.05, 0.1) is 0 Å². The SMILES string of the molecule is CC(C)(C)C(NC1CC1)c1ccc(Oc2ccccc2)cc1. The maximum atomic E-state index is 5.87. The number of nitrogens with one attached hydrogen (secondary N) is 1. The molecule has 0 aromatic heterocycles. The van der Waals surface area contributed by atoms with Crippen molar-refractivity contribution in [3.63, 3.8) is 0 Å². The minimum atomic E-state index is 0.199. The standard InChI is InChI=1S/C20H25NO/c1-20(2,3)19(21-16-11-12-16)15-9-13-18(14-10-15)22-17-7-5-4-6-8-17/h4-10,13-14,16,19,21H,11-12H2,1-3H3. The highest BCUT2D eigenvalue weighted by atomic mass is 16.5. The maximum absolute atomic E-state index is 5.87. The van der Waals surface area contributed by atoms with Gasteiger partial charge in [-0.3, -0.25) is 0 Å². The van der Waals surface area contributed by atoms with Crippen LogP contribution in [0.2, 0.25) is 0 Å². The third-order valence-electron chi connectivity index (χ3n) is 4.04. The first kappa shape index (κ1) is 15.1. The van der Waals surface area contributed by atoms with Gasteiger partial charge in [-0.1, -0.05) is 51.1 Å². The lowest BCUT2D eigenvalue weighted by Crippen LogP contribution is -2.33. The average Bonchev–Trinajstić information content (AvgIpc) is 3.30. The molecule has 2 heteroatoms. The fourth-order valence-electron chi connectivity index (χ4n) is 2.68. The van der Waals surface area contributed by atoms with E-state index in [0.29, 0.717) is 12.1 Å². The first-order valence-corrected chi connectivity index (χ1v) is 8.11. The molecule has 0 bridgehead atoms. The number of hydrogen-bond donors (Lipinski definition) is 1. The molecule has 0 aliphatic heterocycles. The molecule has 1 unspecified atom stereocenters. The lowest BCUT2D eigenvalue weighted by molar-refractivity contribution is 0.270. The number of para-hydroxylation sites is 1. The Hall–Kier alpha value is -1.80. The van der Waals surface area contributed by atoms with Crippen molar-refractivity contribution in [3.05, 3.63) is 60.2 Å². The van der Waals surface area contributed by atoms with Gasteiger partial charge in [0.25, 0.3) is 0 Å². The second kappa shape index (κ2) is 6.13. The van der Waals surface area contributed by atoms with Crippen molar-refractivity contribution in [3.8, 4) is 11.5 Å². The highest BCUT2D eigenvalue weighted by Crippen LogP contribution is 2.37. The summed E-state index contributed by atoms with van der Waals surface area (Å²) in [6, 6.07) is 19.5. The van der Waals surface area contributed by atoms with Gasteiger partial charge in [-0.15, -0.1) is 0 Å². The summed E-state index contributed by atoms with van der Waals surface area (Å²) in [5.41, 5.74) is 1.53. The Kier molecular flexibility index (Phi) is 4.21. The number of hydrogen-bond acceptors (Lipinski definition) is 2. The molecule has 22 heavy (non-hydrogen) atoms. The van der Waals surface area contributed by atoms with E-state index in [9.17, 15) is 0 Å². The molecule has 2 aromatic carbocycles. The van der Waals surface area contributed by atoms with Gasteiger partial charge in [-0.2, -0.15) is 0 Å². The number of rotatable bonds is 5. The third-order valence-corrected chi connectivity index (χ3v) is 4.04. The van der Waals surface area contributed by atoms with Crippen LogP contribution in [0, 0.1) is 5.41 Å². The van der Waals surface area contributed by atoms with Crippen LogP contribution in [-0.4, -0.2) is 6.04 Å². The van der Waals surface area contributed by atoms with Crippen LogP contribution in [0.5, 0.6) is 11.5 Å². The topological polar surface area (TPSA) is 21.3 Å². The molecule has 0 radical (unpaired) electrons. The quantitative estimate of drug-likeness (QED) is 0.806. The molecule has 0 amide bonds. The van der Waals surface area contributed by atoms with Crippen LogP contribution in [0.4, 0.5) is 0 Å². The van der Waals surface area contributed by atoms with Gasteiger partial charge < -0.3 is 10.1 Å². The van der Waals surface area contributed by atoms with E-state index in [1.165, 1.54) is 18.4 Å². The van der Waals surface area contributed by atoms with Crippen molar-refractivity contribution in [2.45, 2.75) is 45.7 Å². The summed E-state index contributed by atoms with van der Waals surface area (Å²) in [4.78, 5) is 0. The van der Waals surface area contributed by atoms with Crippen LogP contribution in [0.25, 0.3) is 0 Å². The summed E-state index contributed by atoms with van der Waals surface area (Å²) in [6.45, 7) is 6.88. The largest absolute Gasteiger partial charge is 0.457 e. The minimum absolute atomic E-state index is 0.199. The van der Waals surface area contributed by atoms with Crippen molar-refractivity contribution in [1.29, 1.82) is 0 Å². The molecule has 1 N–H and O–H groups in total. The normalized spacial score (nSPS) is 16.3. The summed E-state index contributed by atoms with van der Waals surface area (Å²) in [6.07, 6.45) is 2.61. The monoisotopic (exact) mass is 295 g/mol. The fourth-order valence-corrected chi connectivity index (χ4v) is 2.68. The predicted molar refractivity (Wildman–Crippen MR) is 91.3 cm³/mol. The average molecular weight is 295 g/mol. The van der Waals surface area contributed by atoms with Crippen LogP contribution in [-0.2, 0) is 0 Å². The summed E-state index contributed by atoms with van der Waals surface area (Å²) in [5.74, 6) is 1.76. The molecule has 0 heterocycles. The third kappa shape index (κ3) is 3.89. The first-order chi connectivity index (χ1) is 10.5. The molecule has 2 aromatic rings. The summed E-state index contributed by atoms with van der Waals surface area (Å²) < 4.78 is 5.87. The molecule has 2 nitrogen and oxygen atoms in total. The van der Waals surface area contributed by atoms with E-state index < -0.39 is 0 Å². The number of ether oxygens (including phenoxy) is 1. The molecule has 1 saturated carbocycles. The minimum Gasteiger partial charge on any atom is -0.457 e.